The summed E-state index contributed by atoms with van der Waals surface area (Å²) >= 11 is 0. The molecule has 9 heavy (non-hydrogen) atoms. The molecule has 44 valence electrons. The quantitative estimate of drug-likeness (QED) is 0.313. The van der Waals surface area contributed by atoms with Crippen LogP contribution in [-0.4, -0.2) is 21.2 Å². The summed E-state index contributed by atoms with van der Waals surface area (Å²) in [6.07, 6.45) is 6.06. The summed E-state index contributed by atoms with van der Waals surface area (Å²) in [4.78, 5) is 10.5. The second kappa shape index (κ2) is 2.09. The van der Waals surface area contributed by atoms with E-state index >= 15 is 0 Å². The SMILES string of the molecule is C#CC(=O)c1cn[nH]n1. The van der Waals surface area contributed by atoms with Gasteiger partial charge in [-0.2, -0.15) is 15.4 Å². The molecule has 1 heterocycles. The van der Waals surface area contributed by atoms with Gasteiger partial charge in [-0.15, -0.1) is 6.42 Å². The second-order valence-electron chi connectivity index (χ2n) is 1.33. The zero-order valence-corrected chi connectivity index (χ0v) is 4.46. The number of Topliss-reactive ketones (excluding diaryl/α,β-unsaturated/α-hetero) is 1. The van der Waals surface area contributed by atoms with Crippen molar-refractivity contribution in [3.8, 4) is 12.3 Å². The molecule has 0 aliphatic heterocycles. The highest BCUT2D eigenvalue weighted by molar-refractivity contribution is 6.06. The first-order valence-electron chi connectivity index (χ1n) is 2.21. The smallest absolute Gasteiger partial charge is 0.257 e. The number of nitrogens with zero attached hydrogens (tertiary/aromatic N) is 2. The van der Waals surface area contributed by atoms with E-state index in [9.17, 15) is 4.79 Å². The Morgan fingerprint density at radius 2 is 2.67 bits per heavy atom. The van der Waals surface area contributed by atoms with Gasteiger partial charge in [0, 0.05) is 0 Å². The van der Waals surface area contributed by atoms with Crippen LogP contribution in [0.1, 0.15) is 10.5 Å². The van der Waals surface area contributed by atoms with Gasteiger partial charge in [-0.25, -0.2) is 0 Å². The highest BCUT2D eigenvalue weighted by Crippen LogP contribution is 1.87. The van der Waals surface area contributed by atoms with Gasteiger partial charge in [-0.1, -0.05) is 0 Å². The molecule has 0 aliphatic carbocycles. The molecule has 4 nitrogen and oxygen atoms in total. The van der Waals surface area contributed by atoms with Crippen molar-refractivity contribution in [2.75, 3.05) is 0 Å². The first-order chi connectivity index (χ1) is 4.34. The Hall–Kier alpha value is -1.63. The van der Waals surface area contributed by atoms with Crippen molar-refractivity contribution in [2.45, 2.75) is 0 Å². The minimum atomic E-state index is -0.455. The van der Waals surface area contributed by atoms with Gasteiger partial charge < -0.3 is 0 Å². The molecule has 0 aromatic carbocycles. The van der Waals surface area contributed by atoms with Gasteiger partial charge >= 0.3 is 0 Å². The van der Waals surface area contributed by atoms with Gasteiger partial charge in [0.15, 0.2) is 5.69 Å². The van der Waals surface area contributed by atoms with Crippen LogP contribution in [0.15, 0.2) is 6.20 Å². The van der Waals surface area contributed by atoms with Gasteiger partial charge in [0.25, 0.3) is 5.78 Å². The molecule has 0 radical (unpaired) electrons. The van der Waals surface area contributed by atoms with E-state index in [1.165, 1.54) is 6.20 Å². The van der Waals surface area contributed by atoms with E-state index in [1.54, 1.807) is 0 Å². The molecule has 0 unspecified atom stereocenters. The van der Waals surface area contributed by atoms with Crippen LogP contribution >= 0.6 is 0 Å². The minimum Gasteiger partial charge on any atom is -0.277 e. The Kier molecular flexibility index (Phi) is 1.28. The lowest BCUT2D eigenvalue weighted by molar-refractivity contribution is 0.105. The maximum Gasteiger partial charge on any atom is 0.257 e. The number of terminal acetylenes is 1. The van der Waals surface area contributed by atoms with Gasteiger partial charge in [0.2, 0.25) is 0 Å². The molecule has 4 heteroatoms. The maximum absolute atomic E-state index is 10.5. The van der Waals surface area contributed by atoms with E-state index in [4.69, 9.17) is 6.42 Å². The number of aromatic amines is 1. The van der Waals surface area contributed by atoms with Crippen LogP contribution in [-0.2, 0) is 0 Å². The lowest BCUT2D eigenvalue weighted by Crippen LogP contribution is -1.93. The van der Waals surface area contributed by atoms with Crippen LogP contribution in [0.3, 0.4) is 0 Å². The summed E-state index contributed by atoms with van der Waals surface area (Å²) in [5, 5.41) is 9.13. The molecule has 0 saturated heterocycles. The molecule has 0 aliphatic rings. The molecule has 0 bridgehead atoms. The molecule has 0 amide bonds. The van der Waals surface area contributed by atoms with Crippen molar-refractivity contribution in [3.05, 3.63) is 11.9 Å². The van der Waals surface area contributed by atoms with Crippen LogP contribution in [0.4, 0.5) is 0 Å². The number of carbonyl (C=O) groups is 1. The van der Waals surface area contributed by atoms with Crippen LogP contribution in [0, 0.1) is 12.3 Å². The van der Waals surface area contributed by atoms with Crippen LogP contribution in [0.25, 0.3) is 0 Å². The van der Waals surface area contributed by atoms with E-state index in [-0.39, 0.29) is 5.69 Å². The number of rotatable bonds is 1. The summed E-state index contributed by atoms with van der Waals surface area (Å²) in [6.45, 7) is 0. The highest BCUT2D eigenvalue weighted by Gasteiger charge is 2.02. The predicted molar refractivity (Wildman–Crippen MR) is 29.5 cm³/mol. The summed E-state index contributed by atoms with van der Waals surface area (Å²) < 4.78 is 0. The predicted octanol–water partition coefficient (Wildman–Crippen LogP) is -0.379. The first-order valence-corrected chi connectivity index (χ1v) is 2.21. The zero-order valence-electron chi connectivity index (χ0n) is 4.46. The van der Waals surface area contributed by atoms with E-state index in [1.807, 2.05) is 5.92 Å². The average Bonchev–Trinajstić information content (AvgIpc) is 2.37. The van der Waals surface area contributed by atoms with E-state index in [0.29, 0.717) is 0 Å². The van der Waals surface area contributed by atoms with Crippen molar-refractivity contribution >= 4 is 5.78 Å². The molecule has 1 aromatic heterocycles. The normalized spacial score (nSPS) is 8.33. The fourth-order valence-corrected chi connectivity index (χ4v) is 0.385. The number of hydrogen-bond donors (Lipinski definition) is 1. The topological polar surface area (TPSA) is 58.6 Å². The third-order valence-corrected chi connectivity index (χ3v) is 0.779. The molecular weight excluding hydrogens is 118 g/mol. The minimum absolute atomic E-state index is 0.178. The monoisotopic (exact) mass is 121 g/mol. The standard InChI is InChI=1S/C5H3N3O/c1-2-5(9)4-3-6-8-7-4/h1,3H,(H,6,7,8). The molecular formula is C5H3N3O. The number of carbonyl (C=O) groups excluding carboxylic acids is 1. The molecule has 0 fully saturated rings. The van der Waals surface area contributed by atoms with Gasteiger partial charge in [0.05, 0.1) is 6.20 Å². The van der Waals surface area contributed by atoms with Crippen molar-refractivity contribution < 1.29 is 4.79 Å². The van der Waals surface area contributed by atoms with Crippen molar-refractivity contribution in [2.24, 2.45) is 0 Å². The summed E-state index contributed by atoms with van der Waals surface area (Å²) in [6, 6.07) is 0. The van der Waals surface area contributed by atoms with E-state index in [0.717, 1.165) is 0 Å². The third kappa shape index (κ3) is 0.941. The lowest BCUT2D eigenvalue weighted by Gasteiger charge is -1.75. The Labute approximate surface area is 51.3 Å². The fraction of sp³-hybridized carbons (Fsp3) is 0. The number of aromatic nitrogens is 3. The van der Waals surface area contributed by atoms with E-state index in [2.05, 4.69) is 15.4 Å². The summed E-state index contributed by atoms with van der Waals surface area (Å²) in [5.74, 6) is 1.45. The average molecular weight is 121 g/mol. The molecule has 1 rings (SSSR count). The Balaban J connectivity index is 2.93. The Morgan fingerprint density at radius 3 is 3.11 bits per heavy atom. The van der Waals surface area contributed by atoms with Crippen molar-refractivity contribution in [1.29, 1.82) is 0 Å². The summed E-state index contributed by atoms with van der Waals surface area (Å²) in [5.41, 5.74) is 0.178. The van der Waals surface area contributed by atoms with Gasteiger partial charge in [0.1, 0.15) is 0 Å². The van der Waals surface area contributed by atoms with Gasteiger partial charge in [-0.05, 0) is 5.92 Å². The number of ketones is 1. The van der Waals surface area contributed by atoms with E-state index < -0.39 is 5.78 Å². The number of hydrogen-bond acceptors (Lipinski definition) is 3. The number of H-pyrrole nitrogens is 1. The maximum atomic E-state index is 10.5. The molecule has 0 saturated carbocycles. The highest BCUT2D eigenvalue weighted by atomic mass is 16.1. The largest absolute Gasteiger partial charge is 0.277 e. The van der Waals surface area contributed by atoms with Crippen molar-refractivity contribution in [1.82, 2.24) is 15.4 Å². The Morgan fingerprint density at radius 1 is 1.89 bits per heavy atom. The third-order valence-electron chi connectivity index (χ3n) is 0.779. The second-order valence-corrected chi connectivity index (χ2v) is 1.33. The van der Waals surface area contributed by atoms with Crippen LogP contribution < -0.4 is 0 Å². The fourth-order valence-electron chi connectivity index (χ4n) is 0.385. The Bertz CT molecular complexity index is 244. The lowest BCUT2D eigenvalue weighted by atomic mass is 10.3. The molecule has 0 spiro atoms. The van der Waals surface area contributed by atoms with Crippen LogP contribution in [0.2, 0.25) is 0 Å². The first kappa shape index (κ1) is 5.51. The summed E-state index contributed by atoms with van der Waals surface area (Å²) in [7, 11) is 0. The van der Waals surface area contributed by atoms with Crippen LogP contribution in [0.5, 0.6) is 0 Å². The molecule has 0 atom stereocenters. The number of nitrogens with one attached hydrogen (secondary N) is 1. The molecule has 1 aromatic rings. The van der Waals surface area contributed by atoms with Crippen molar-refractivity contribution in [3.63, 3.8) is 0 Å². The molecule has 1 N–H and O–H groups in total. The zero-order chi connectivity index (χ0) is 6.69. The van der Waals surface area contributed by atoms with Gasteiger partial charge in [-0.3, -0.25) is 4.79 Å².